The normalized spacial score (nSPS) is 22.3. The largest absolute Gasteiger partial charge is 0.351 e. The maximum absolute atomic E-state index is 12.2. The lowest BCUT2D eigenvalue weighted by Gasteiger charge is -2.29. The van der Waals surface area contributed by atoms with Crippen LogP contribution in [0.25, 0.3) is 0 Å². The average Bonchev–Trinajstić information content (AvgIpc) is 2.52. The molecule has 2 N–H and O–H groups in total. The highest BCUT2D eigenvalue weighted by molar-refractivity contribution is 5.85. The van der Waals surface area contributed by atoms with E-state index in [-0.39, 0.29) is 30.2 Å². The van der Waals surface area contributed by atoms with Crippen molar-refractivity contribution in [2.75, 3.05) is 0 Å². The zero-order chi connectivity index (χ0) is 17.7. The zero-order valence-corrected chi connectivity index (χ0v) is 15.1. The average molecular weight is 328 g/mol. The van der Waals surface area contributed by atoms with Crippen molar-refractivity contribution >= 4 is 11.8 Å². The van der Waals surface area contributed by atoms with Gasteiger partial charge in [0.1, 0.15) is 0 Å². The van der Waals surface area contributed by atoms with Crippen LogP contribution in [0.15, 0.2) is 47.7 Å². The van der Waals surface area contributed by atoms with Crippen molar-refractivity contribution in [3.63, 3.8) is 0 Å². The van der Waals surface area contributed by atoms with Gasteiger partial charge in [-0.25, -0.2) is 0 Å². The summed E-state index contributed by atoms with van der Waals surface area (Å²) in [5, 5.41) is 5.84. The van der Waals surface area contributed by atoms with E-state index in [2.05, 4.69) is 41.9 Å². The van der Waals surface area contributed by atoms with Crippen molar-refractivity contribution in [3.05, 3.63) is 47.7 Å². The van der Waals surface area contributed by atoms with E-state index in [9.17, 15) is 9.59 Å². The Morgan fingerprint density at radius 3 is 2.42 bits per heavy atom. The van der Waals surface area contributed by atoms with Crippen LogP contribution in [0.5, 0.6) is 0 Å². The molecule has 0 fully saturated rings. The van der Waals surface area contributed by atoms with E-state index in [0.29, 0.717) is 11.8 Å². The lowest BCUT2D eigenvalue weighted by atomic mass is 9.77. The highest BCUT2D eigenvalue weighted by atomic mass is 16.2. The van der Waals surface area contributed by atoms with Crippen molar-refractivity contribution in [2.45, 2.75) is 52.5 Å². The molecular weight excluding hydrogens is 300 g/mol. The van der Waals surface area contributed by atoms with Crippen LogP contribution in [0.3, 0.4) is 0 Å². The summed E-state index contributed by atoms with van der Waals surface area (Å²) in [6, 6.07) is 0. The summed E-state index contributed by atoms with van der Waals surface area (Å²) in [5.41, 5.74) is 1.73. The lowest BCUT2D eigenvalue weighted by molar-refractivity contribution is -0.126. The lowest BCUT2D eigenvalue weighted by Crippen LogP contribution is -2.41. The standard InChI is InChI=1S/C20H28N2O2/c1-5-14-10-11-17(16-9-7-6-8-15(14)16)21-18(23)12-13-19(24)22-20(2,3)4/h6-11,14-15H,5,12-13H2,1-4H3,(H,21,23)(H,22,24). The number of amides is 2. The highest BCUT2D eigenvalue weighted by Crippen LogP contribution is 2.35. The van der Waals surface area contributed by atoms with Gasteiger partial charge in [-0.05, 0) is 44.8 Å². The van der Waals surface area contributed by atoms with Crippen LogP contribution in [0.4, 0.5) is 0 Å². The first kappa shape index (κ1) is 18.2. The highest BCUT2D eigenvalue weighted by Gasteiger charge is 2.26. The third-order valence-electron chi connectivity index (χ3n) is 4.19. The summed E-state index contributed by atoms with van der Waals surface area (Å²) in [6.45, 7) is 7.96. The van der Waals surface area contributed by atoms with Gasteiger partial charge in [0.25, 0.3) is 0 Å². The van der Waals surface area contributed by atoms with E-state index < -0.39 is 0 Å². The maximum Gasteiger partial charge on any atom is 0.224 e. The number of hydrogen-bond acceptors (Lipinski definition) is 2. The Labute approximate surface area is 144 Å². The molecule has 2 unspecified atom stereocenters. The predicted octanol–water partition coefficient (Wildman–Crippen LogP) is 3.39. The zero-order valence-electron chi connectivity index (χ0n) is 15.1. The van der Waals surface area contributed by atoms with Gasteiger partial charge >= 0.3 is 0 Å². The third-order valence-corrected chi connectivity index (χ3v) is 4.19. The molecule has 24 heavy (non-hydrogen) atoms. The second-order valence-electron chi connectivity index (χ2n) is 7.42. The van der Waals surface area contributed by atoms with Crippen molar-refractivity contribution in [3.8, 4) is 0 Å². The van der Waals surface area contributed by atoms with Gasteiger partial charge in [-0.15, -0.1) is 0 Å². The van der Waals surface area contributed by atoms with Crippen LogP contribution in [0, 0.1) is 11.8 Å². The second-order valence-corrected chi connectivity index (χ2v) is 7.42. The summed E-state index contributed by atoms with van der Waals surface area (Å²) >= 11 is 0. The van der Waals surface area contributed by atoms with Gasteiger partial charge in [-0.3, -0.25) is 9.59 Å². The Hall–Kier alpha value is -2.10. The molecule has 0 aliphatic heterocycles. The van der Waals surface area contributed by atoms with E-state index in [0.717, 1.165) is 17.7 Å². The SMILES string of the molecule is CCC1C=CC(NC(=O)CCC(=O)NC(C)(C)C)=C2C=CC=CC21. The van der Waals surface area contributed by atoms with E-state index in [1.807, 2.05) is 32.9 Å². The molecule has 0 saturated heterocycles. The molecule has 130 valence electrons. The van der Waals surface area contributed by atoms with Crippen LogP contribution in [-0.2, 0) is 9.59 Å². The third kappa shape index (κ3) is 4.95. The molecular formula is C20H28N2O2. The number of hydrogen-bond donors (Lipinski definition) is 2. The van der Waals surface area contributed by atoms with Crippen LogP contribution in [0.2, 0.25) is 0 Å². The van der Waals surface area contributed by atoms with Crippen LogP contribution >= 0.6 is 0 Å². The molecule has 0 aromatic rings. The van der Waals surface area contributed by atoms with E-state index in [1.165, 1.54) is 0 Å². The topological polar surface area (TPSA) is 58.2 Å². The van der Waals surface area contributed by atoms with E-state index in [4.69, 9.17) is 0 Å². The van der Waals surface area contributed by atoms with E-state index >= 15 is 0 Å². The Morgan fingerprint density at radius 1 is 1.04 bits per heavy atom. The fraction of sp³-hybridized carbons (Fsp3) is 0.500. The van der Waals surface area contributed by atoms with Crippen LogP contribution < -0.4 is 10.6 Å². The molecule has 2 aliphatic carbocycles. The molecule has 0 heterocycles. The molecule has 2 aliphatic rings. The molecule has 0 bridgehead atoms. The second kappa shape index (κ2) is 7.65. The molecule has 4 heteroatoms. The number of carbonyl (C=O) groups is 2. The van der Waals surface area contributed by atoms with Crippen molar-refractivity contribution < 1.29 is 9.59 Å². The molecule has 2 rings (SSSR count). The molecule has 4 nitrogen and oxygen atoms in total. The van der Waals surface area contributed by atoms with Crippen molar-refractivity contribution in [1.29, 1.82) is 0 Å². The van der Waals surface area contributed by atoms with Gasteiger partial charge < -0.3 is 10.6 Å². The number of fused-ring (bicyclic) bond motifs is 1. The number of carbonyl (C=O) groups excluding carboxylic acids is 2. The first-order valence-electron chi connectivity index (χ1n) is 8.68. The number of allylic oxidation sites excluding steroid dienone is 7. The summed E-state index contributed by atoms with van der Waals surface area (Å²) in [5.74, 6) is 0.575. The number of nitrogens with one attached hydrogen (secondary N) is 2. The van der Waals surface area contributed by atoms with Gasteiger partial charge in [0, 0.05) is 30.0 Å². The first-order valence-corrected chi connectivity index (χ1v) is 8.68. The van der Waals surface area contributed by atoms with Crippen LogP contribution in [0.1, 0.15) is 47.0 Å². The van der Waals surface area contributed by atoms with Gasteiger partial charge in [-0.2, -0.15) is 0 Å². The molecule has 2 atom stereocenters. The monoisotopic (exact) mass is 328 g/mol. The Kier molecular flexibility index (Phi) is 5.81. The molecule has 0 radical (unpaired) electrons. The minimum Gasteiger partial charge on any atom is -0.351 e. The summed E-state index contributed by atoms with van der Waals surface area (Å²) in [4.78, 5) is 24.0. The van der Waals surface area contributed by atoms with Crippen molar-refractivity contribution in [1.82, 2.24) is 10.6 Å². The van der Waals surface area contributed by atoms with Gasteiger partial charge in [-0.1, -0.05) is 37.3 Å². The van der Waals surface area contributed by atoms with Crippen LogP contribution in [-0.4, -0.2) is 17.4 Å². The molecule has 0 spiro atoms. The molecule has 0 aromatic carbocycles. The minimum atomic E-state index is -0.272. The smallest absolute Gasteiger partial charge is 0.224 e. The molecule has 0 aromatic heterocycles. The molecule has 0 saturated carbocycles. The Balaban J connectivity index is 1.95. The first-order chi connectivity index (χ1) is 11.3. The Bertz CT molecular complexity index is 618. The van der Waals surface area contributed by atoms with Gasteiger partial charge in [0.15, 0.2) is 0 Å². The number of rotatable bonds is 5. The van der Waals surface area contributed by atoms with E-state index in [1.54, 1.807) is 0 Å². The Morgan fingerprint density at radius 2 is 1.75 bits per heavy atom. The predicted molar refractivity (Wildman–Crippen MR) is 97.0 cm³/mol. The summed E-state index contributed by atoms with van der Waals surface area (Å²) < 4.78 is 0. The van der Waals surface area contributed by atoms with Gasteiger partial charge in [0.2, 0.25) is 11.8 Å². The van der Waals surface area contributed by atoms with Gasteiger partial charge in [0.05, 0.1) is 0 Å². The van der Waals surface area contributed by atoms with Crippen molar-refractivity contribution in [2.24, 2.45) is 11.8 Å². The fourth-order valence-electron chi connectivity index (χ4n) is 3.06. The summed E-state index contributed by atoms with van der Waals surface area (Å²) in [7, 11) is 0. The maximum atomic E-state index is 12.2. The molecule has 2 amide bonds. The summed E-state index contributed by atoms with van der Waals surface area (Å²) in [6.07, 6.45) is 13.9. The fourth-order valence-corrected chi connectivity index (χ4v) is 3.06. The minimum absolute atomic E-state index is 0.0982. The quantitative estimate of drug-likeness (QED) is 0.813.